The molecule has 2 aromatic carbocycles. The number of fused-ring (bicyclic) bond motifs is 2. The Balaban J connectivity index is 1.28. The minimum atomic E-state index is -0.838. The molecular formula is C36H48N6O6. The van der Waals surface area contributed by atoms with Crippen LogP contribution >= 0.6 is 0 Å². The van der Waals surface area contributed by atoms with Crippen LogP contribution < -0.4 is 27.0 Å². The highest BCUT2D eigenvalue weighted by Gasteiger charge is 2.38. The van der Waals surface area contributed by atoms with Gasteiger partial charge in [0.25, 0.3) is 0 Å². The zero-order chi connectivity index (χ0) is 35.0. The van der Waals surface area contributed by atoms with Crippen LogP contribution in [0, 0.1) is 11.8 Å². The third-order valence-electron chi connectivity index (χ3n) is 8.58. The maximum atomic E-state index is 13.6. The molecule has 0 radical (unpaired) electrons. The van der Waals surface area contributed by atoms with E-state index in [0.29, 0.717) is 79.7 Å². The van der Waals surface area contributed by atoms with Crippen LogP contribution in [0.1, 0.15) is 91.6 Å². The summed E-state index contributed by atoms with van der Waals surface area (Å²) in [7, 11) is 0. The Labute approximate surface area is 282 Å². The van der Waals surface area contributed by atoms with Crippen LogP contribution in [0.15, 0.2) is 42.5 Å². The van der Waals surface area contributed by atoms with Crippen molar-refractivity contribution in [1.29, 1.82) is 0 Å². The molecular weight excluding hydrogens is 612 g/mol. The van der Waals surface area contributed by atoms with Crippen LogP contribution in [0.2, 0.25) is 0 Å². The van der Waals surface area contributed by atoms with Gasteiger partial charge in [0.2, 0.25) is 23.6 Å². The Morgan fingerprint density at radius 3 is 2.21 bits per heavy atom. The fourth-order valence-electron chi connectivity index (χ4n) is 6.29. The van der Waals surface area contributed by atoms with Gasteiger partial charge in [-0.3, -0.25) is 28.8 Å². The highest BCUT2D eigenvalue weighted by Crippen LogP contribution is 2.32. The molecule has 0 bridgehead atoms. The average Bonchev–Trinajstić information content (AvgIpc) is 3.55. The van der Waals surface area contributed by atoms with Crippen molar-refractivity contribution in [2.45, 2.75) is 77.9 Å². The first-order valence-electron chi connectivity index (χ1n) is 16.8. The first kappa shape index (κ1) is 36.3. The molecule has 258 valence electrons. The van der Waals surface area contributed by atoms with Gasteiger partial charge in [-0.25, -0.2) is 0 Å². The van der Waals surface area contributed by atoms with Gasteiger partial charge in [-0.1, -0.05) is 64.1 Å². The average molecular weight is 661 g/mol. The minimum Gasteiger partial charge on any atom is -0.384 e. The van der Waals surface area contributed by atoms with Gasteiger partial charge in [-0.05, 0) is 50.0 Å². The molecule has 1 saturated heterocycles. The maximum Gasteiger partial charge on any atom is 0.245 e. The van der Waals surface area contributed by atoms with E-state index in [1.165, 1.54) is 4.90 Å². The molecule has 0 aromatic heterocycles. The quantitative estimate of drug-likeness (QED) is 0.154. The van der Waals surface area contributed by atoms with E-state index < -0.39 is 29.9 Å². The molecule has 0 saturated carbocycles. The SMILES string of the molecule is CC(C)C[C@H](NC(=O)CNC(=O)[C@@H](N)CC(C)C)C(=O)N1CCC[C@H]1C(=O)NCCCNc1cccc2c1C(=O)c1ccccc1C2=O. The van der Waals surface area contributed by atoms with E-state index in [4.69, 9.17) is 5.73 Å². The van der Waals surface area contributed by atoms with E-state index in [2.05, 4.69) is 21.3 Å². The Morgan fingerprint density at radius 2 is 1.52 bits per heavy atom. The number of hydrogen-bond donors (Lipinski definition) is 5. The predicted molar refractivity (Wildman–Crippen MR) is 182 cm³/mol. The number of amides is 4. The second-order valence-electron chi connectivity index (χ2n) is 13.4. The van der Waals surface area contributed by atoms with Crippen molar-refractivity contribution < 1.29 is 28.8 Å². The number of anilines is 1. The van der Waals surface area contributed by atoms with Crippen LogP contribution in [0.5, 0.6) is 0 Å². The number of likely N-dealkylation sites (tertiary alicyclic amines) is 1. The monoisotopic (exact) mass is 660 g/mol. The Morgan fingerprint density at radius 1 is 0.854 bits per heavy atom. The maximum absolute atomic E-state index is 13.6. The second-order valence-corrected chi connectivity index (χ2v) is 13.4. The standard InChI is InChI=1S/C36H48N6O6/c1-21(2)18-26(37)34(46)40-20-30(43)41-28(19-22(3)4)36(48)42-17-8-14-29(42)35(47)39-16-9-15-38-27-13-7-12-25-31(27)33(45)24-11-6-5-10-23(24)32(25)44/h5-7,10-13,21-22,26,28-29,38H,8-9,14-20,37H2,1-4H3,(H,39,47)(H,40,46)(H,41,43)/t26-,28-,29-/m0/s1. The fourth-order valence-corrected chi connectivity index (χ4v) is 6.29. The van der Waals surface area contributed by atoms with E-state index in [1.54, 1.807) is 42.5 Å². The highest BCUT2D eigenvalue weighted by atomic mass is 16.2. The molecule has 2 aromatic rings. The van der Waals surface area contributed by atoms with Crippen LogP contribution in [0.25, 0.3) is 0 Å². The molecule has 1 aliphatic carbocycles. The van der Waals surface area contributed by atoms with E-state index in [0.717, 1.165) is 0 Å². The summed E-state index contributed by atoms with van der Waals surface area (Å²) < 4.78 is 0. The summed E-state index contributed by atoms with van der Waals surface area (Å²) in [5.74, 6) is -1.58. The summed E-state index contributed by atoms with van der Waals surface area (Å²) in [5.41, 5.74) is 7.97. The van der Waals surface area contributed by atoms with Crippen molar-refractivity contribution in [2.75, 3.05) is 31.5 Å². The molecule has 4 rings (SSSR count). The van der Waals surface area contributed by atoms with Crippen LogP contribution in [0.4, 0.5) is 5.69 Å². The molecule has 2 aliphatic rings. The van der Waals surface area contributed by atoms with Gasteiger partial charge in [-0.15, -0.1) is 0 Å². The summed E-state index contributed by atoms with van der Waals surface area (Å²) >= 11 is 0. The molecule has 12 heteroatoms. The third kappa shape index (κ3) is 8.85. The number of nitrogens with two attached hydrogens (primary N) is 1. The van der Waals surface area contributed by atoms with Crippen molar-refractivity contribution in [3.8, 4) is 0 Å². The lowest BCUT2D eigenvalue weighted by atomic mass is 9.83. The molecule has 48 heavy (non-hydrogen) atoms. The molecule has 4 amide bonds. The van der Waals surface area contributed by atoms with Crippen molar-refractivity contribution in [1.82, 2.24) is 20.9 Å². The summed E-state index contributed by atoms with van der Waals surface area (Å²) in [6, 6.07) is 9.74. The molecule has 6 N–H and O–H groups in total. The fraction of sp³-hybridized carbons (Fsp3) is 0.500. The second kappa shape index (κ2) is 16.5. The number of carbonyl (C=O) groups is 6. The zero-order valence-electron chi connectivity index (χ0n) is 28.3. The van der Waals surface area contributed by atoms with E-state index in [1.807, 2.05) is 27.7 Å². The van der Waals surface area contributed by atoms with Crippen molar-refractivity contribution in [3.63, 3.8) is 0 Å². The molecule has 1 aliphatic heterocycles. The number of nitrogens with zero attached hydrogens (tertiary/aromatic N) is 1. The summed E-state index contributed by atoms with van der Waals surface area (Å²) in [4.78, 5) is 79.6. The van der Waals surface area contributed by atoms with Gasteiger partial charge >= 0.3 is 0 Å². The van der Waals surface area contributed by atoms with E-state index in [-0.39, 0.29) is 41.8 Å². The minimum absolute atomic E-state index is 0.0917. The van der Waals surface area contributed by atoms with Gasteiger partial charge in [0, 0.05) is 42.0 Å². The lowest BCUT2D eigenvalue weighted by molar-refractivity contribution is -0.141. The molecule has 1 fully saturated rings. The van der Waals surface area contributed by atoms with E-state index in [9.17, 15) is 28.8 Å². The Kier molecular flexibility index (Phi) is 12.5. The number of carbonyl (C=O) groups excluding carboxylic acids is 6. The topological polar surface area (TPSA) is 180 Å². The summed E-state index contributed by atoms with van der Waals surface area (Å²) in [6.07, 6.45) is 2.57. The predicted octanol–water partition coefficient (Wildman–Crippen LogP) is 2.39. The number of rotatable bonds is 15. The van der Waals surface area contributed by atoms with Crippen LogP contribution in [-0.2, 0) is 19.2 Å². The van der Waals surface area contributed by atoms with Crippen molar-refractivity contribution >= 4 is 40.9 Å². The van der Waals surface area contributed by atoms with Crippen LogP contribution in [-0.4, -0.2) is 84.4 Å². The molecule has 0 unspecified atom stereocenters. The van der Waals surface area contributed by atoms with Gasteiger partial charge in [0.05, 0.1) is 18.2 Å². The smallest absolute Gasteiger partial charge is 0.245 e. The van der Waals surface area contributed by atoms with Crippen molar-refractivity contribution in [3.05, 3.63) is 64.7 Å². The third-order valence-corrected chi connectivity index (χ3v) is 8.58. The largest absolute Gasteiger partial charge is 0.384 e. The molecule has 1 heterocycles. The Hall–Kier alpha value is -4.58. The molecule has 3 atom stereocenters. The number of nitrogens with one attached hydrogen (secondary N) is 4. The number of hydrogen-bond acceptors (Lipinski definition) is 8. The van der Waals surface area contributed by atoms with Gasteiger partial charge in [0.15, 0.2) is 11.6 Å². The molecule has 12 nitrogen and oxygen atoms in total. The lowest BCUT2D eigenvalue weighted by Gasteiger charge is -2.29. The van der Waals surface area contributed by atoms with Crippen molar-refractivity contribution in [2.24, 2.45) is 17.6 Å². The first-order valence-corrected chi connectivity index (χ1v) is 16.8. The van der Waals surface area contributed by atoms with Gasteiger partial charge in [0.1, 0.15) is 12.1 Å². The normalized spacial score (nSPS) is 16.6. The van der Waals surface area contributed by atoms with Gasteiger partial charge in [-0.2, -0.15) is 0 Å². The first-order chi connectivity index (χ1) is 22.9. The summed E-state index contributed by atoms with van der Waals surface area (Å²) in [5, 5.41) is 11.5. The lowest BCUT2D eigenvalue weighted by Crippen LogP contribution is -2.55. The highest BCUT2D eigenvalue weighted by molar-refractivity contribution is 6.30. The zero-order valence-corrected chi connectivity index (χ0v) is 28.3. The number of benzene rings is 2. The van der Waals surface area contributed by atoms with Gasteiger partial charge < -0.3 is 31.9 Å². The van der Waals surface area contributed by atoms with E-state index >= 15 is 0 Å². The molecule has 0 spiro atoms. The Bertz CT molecular complexity index is 1540. The summed E-state index contributed by atoms with van der Waals surface area (Å²) in [6.45, 7) is 8.67. The van der Waals surface area contributed by atoms with Crippen LogP contribution in [0.3, 0.4) is 0 Å². The number of ketones is 2.